The maximum atomic E-state index is 12.5. The molecule has 3 N–H and O–H groups in total. The lowest BCUT2D eigenvalue weighted by Crippen LogP contribution is -2.19. The minimum absolute atomic E-state index is 0.0311. The monoisotopic (exact) mass is 455 g/mol. The molecule has 2 aromatic carbocycles. The summed E-state index contributed by atoms with van der Waals surface area (Å²) < 4.78 is 1.46. The van der Waals surface area contributed by atoms with Crippen LogP contribution in [0, 0.1) is 0 Å². The van der Waals surface area contributed by atoms with Crippen molar-refractivity contribution in [3.8, 4) is 11.4 Å². The molecule has 0 radical (unpaired) electrons. The lowest BCUT2D eigenvalue weighted by molar-refractivity contribution is -0.113. The first kappa shape index (κ1) is 20.5. The van der Waals surface area contributed by atoms with E-state index in [4.69, 9.17) is 17.3 Å². The van der Waals surface area contributed by atoms with Gasteiger partial charge in [0.2, 0.25) is 11.1 Å². The number of benzene rings is 2. The minimum atomic E-state index is -0.810. The number of carbonyl (C=O) groups is 2. The highest BCUT2D eigenvalue weighted by Crippen LogP contribution is 2.21. The number of nitrogens with two attached hydrogens (primary N) is 1. The van der Waals surface area contributed by atoms with Gasteiger partial charge in [0.05, 0.1) is 17.1 Å². The first-order chi connectivity index (χ1) is 15.0. The van der Waals surface area contributed by atoms with Gasteiger partial charge in [0.1, 0.15) is 0 Å². The van der Waals surface area contributed by atoms with E-state index in [-0.39, 0.29) is 17.3 Å². The minimum Gasteiger partial charge on any atom is -0.364 e. The van der Waals surface area contributed by atoms with Gasteiger partial charge in [-0.1, -0.05) is 47.6 Å². The number of rotatable bonds is 7. The molecule has 0 atom stereocenters. The molecule has 2 amide bonds. The second-order valence-electron chi connectivity index (χ2n) is 6.08. The third-order valence-corrected chi connectivity index (χ3v) is 5.07. The van der Waals surface area contributed by atoms with Gasteiger partial charge in [-0.3, -0.25) is 9.59 Å². The van der Waals surface area contributed by atoms with E-state index < -0.39 is 11.8 Å². The summed E-state index contributed by atoms with van der Waals surface area (Å²) in [5, 5.41) is 23.2. The number of para-hydroxylation sites is 1. The fourth-order valence-electron chi connectivity index (χ4n) is 2.57. The van der Waals surface area contributed by atoms with Crippen LogP contribution in [0.3, 0.4) is 0 Å². The molecule has 31 heavy (non-hydrogen) atoms. The number of carbonyl (C=O) groups excluding carboxylic acids is 2. The molecule has 4 rings (SSSR count). The first-order valence-electron chi connectivity index (χ1n) is 8.81. The van der Waals surface area contributed by atoms with Gasteiger partial charge < -0.3 is 11.1 Å². The molecule has 2 aromatic heterocycles. The third kappa shape index (κ3) is 4.70. The van der Waals surface area contributed by atoms with Gasteiger partial charge in [0.25, 0.3) is 5.91 Å². The van der Waals surface area contributed by atoms with E-state index in [0.29, 0.717) is 21.6 Å². The molecule has 0 aliphatic carbocycles. The van der Waals surface area contributed by atoms with Crippen LogP contribution in [0.1, 0.15) is 10.5 Å². The summed E-state index contributed by atoms with van der Waals surface area (Å²) in [6.07, 6.45) is 0. The Kier molecular flexibility index (Phi) is 5.91. The molecule has 13 heteroatoms. The fourth-order valence-corrected chi connectivity index (χ4v) is 3.45. The Labute approximate surface area is 184 Å². The van der Waals surface area contributed by atoms with E-state index in [1.807, 2.05) is 6.07 Å². The zero-order valence-electron chi connectivity index (χ0n) is 15.7. The Balaban J connectivity index is 1.47. The topological polar surface area (TPSA) is 146 Å². The Hall–Kier alpha value is -3.77. The van der Waals surface area contributed by atoms with Crippen molar-refractivity contribution in [1.29, 1.82) is 0 Å². The Morgan fingerprint density at radius 1 is 1.06 bits per heavy atom. The normalized spacial score (nSPS) is 10.7. The van der Waals surface area contributed by atoms with Crippen molar-refractivity contribution < 1.29 is 9.59 Å². The summed E-state index contributed by atoms with van der Waals surface area (Å²) >= 11 is 7.11. The second kappa shape index (κ2) is 8.93. The average Bonchev–Trinajstić information content (AvgIpc) is 3.40. The van der Waals surface area contributed by atoms with Crippen molar-refractivity contribution >= 4 is 41.0 Å². The van der Waals surface area contributed by atoms with Gasteiger partial charge in [0, 0.05) is 5.02 Å². The highest BCUT2D eigenvalue weighted by atomic mass is 35.5. The van der Waals surface area contributed by atoms with Crippen molar-refractivity contribution in [1.82, 2.24) is 35.2 Å². The number of nitrogens with one attached hydrogen (secondary N) is 1. The molecule has 0 saturated carbocycles. The van der Waals surface area contributed by atoms with Crippen LogP contribution in [-0.2, 0) is 4.79 Å². The lowest BCUT2D eigenvalue weighted by atomic mass is 10.3. The van der Waals surface area contributed by atoms with Crippen LogP contribution in [-0.4, -0.2) is 52.8 Å². The molecule has 2 heterocycles. The van der Waals surface area contributed by atoms with Crippen LogP contribution >= 0.6 is 23.4 Å². The largest absolute Gasteiger partial charge is 0.364 e. The van der Waals surface area contributed by atoms with Gasteiger partial charge in [-0.15, -0.1) is 20.1 Å². The average molecular weight is 456 g/mol. The third-order valence-electron chi connectivity index (χ3n) is 3.92. The zero-order valence-corrected chi connectivity index (χ0v) is 17.3. The number of halogens is 1. The number of primary amides is 1. The SMILES string of the molecule is NC(=O)c1nn(-c2ccccc2)nc1NC(=O)CSc1nnnn1-c1cccc(Cl)c1. The smallest absolute Gasteiger partial charge is 0.273 e. The first-order valence-corrected chi connectivity index (χ1v) is 10.2. The summed E-state index contributed by atoms with van der Waals surface area (Å²) in [4.78, 5) is 25.4. The Bertz CT molecular complexity index is 1240. The van der Waals surface area contributed by atoms with Gasteiger partial charge in [-0.05, 0) is 40.8 Å². The molecule has 156 valence electrons. The van der Waals surface area contributed by atoms with E-state index in [9.17, 15) is 9.59 Å². The number of nitrogens with zero attached hydrogens (tertiary/aromatic N) is 7. The molecule has 0 fully saturated rings. The summed E-state index contributed by atoms with van der Waals surface area (Å²) in [7, 11) is 0. The quantitative estimate of drug-likeness (QED) is 0.400. The van der Waals surface area contributed by atoms with E-state index in [0.717, 1.165) is 11.8 Å². The maximum Gasteiger partial charge on any atom is 0.273 e. The standard InChI is InChI=1S/C18H14ClN9O2S/c19-11-5-4-8-13(9-11)27-18(22-25-26-27)31-10-14(29)21-17-15(16(20)30)23-28(24-17)12-6-2-1-3-7-12/h1-9H,10H2,(H2,20,30)(H,21,24,29). The van der Waals surface area contributed by atoms with Crippen molar-refractivity contribution in [3.63, 3.8) is 0 Å². The molecule has 0 aliphatic heterocycles. The molecular formula is C18H14ClN9O2S. The summed E-state index contributed by atoms with van der Waals surface area (Å²) in [6, 6.07) is 15.9. The number of amides is 2. The van der Waals surface area contributed by atoms with E-state index in [1.165, 1.54) is 9.48 Å². The molecule has 0 spiro atoms. The van der Waals surface area contributed by atoms with Gasteiger partial charge in [-0.2, -0.15) is 4.68 Å². The predicted octanol–water partition coefficient (Wildman–Crippen LogP) is 1.73. The summed E-state index contributed by atoms with van der Waals surface area (Å²) in [5.41, 5.74) is 6.50. The number of tetrazole rings is 1. The number of thioether (sulfide) groups is 1. The molecule has 0 saturated heterocycles. The summed E-state index contributed by atoms with van der Waals surface area (Å²) in [6.45, 7) is 0. The van der Waals surface area contributed by atoms with Crippen LogP contribution in [0.5, 0.6) is 0 Å². The van der Waals surface area contributed by atoms with Crippen molar-refractivity contribution in [2.45, 2.75) is 5.16 Å². The molecule has 11 nitrogen and oxygen atoms in total. The summed E-state index contributed by atoms with van der Waals surface area (Å²) in [5.74, 6) is -1.32. The lowest BCUT2D eigenvalue weighted by Gasteiger charge is -2.05. The number of hydrogen-bond donors (Lipinski definition) is 2. The maximum absolute atomic E-state index is 12.5. The van der Waals surface area contributed by atoms with E-state index in [1.54, 1.807) is 48.5 Å². The van der Waals surface area contributed by atoms with Gasteiger partial charge >= 0.3 is 0 Å². The Morgan fingerprint density at radius 2 is 1.84 bits per heavy atom. The van der Waals surface area contributed by atoms with Crippen molar-refractivity contribution in [2.75, 3.05) is 11.1 Å². The van der Waals surface area contributed by atoms with Crippen LogP contribution in [0.15, 0.2) is 59.8 Å². The Morgan fingerprint density at radius 3 is 2.58 bits per heavy atom. The van der Waals surface area contributed by atoms with Crippen molar-refractivity contribution in [3.05, 3.63) is 65.3 Å². The van der Waals surface area contributed by atoms with Crippen LogP contribution in [0.2, 0.25) is 5.02 Å². The van der Waals surface area contributed by atoms with E-state index in [2.05, 4.69) is 31.0 Å². The second-order valence-corrected chi connectivity index (χ2v) is 7.46. The molecular weight excluding hydrogens is 442 g/mol. The predicted molar refractivity (Wildman–Crippen MR) is 113 cm³/mol. The van der Waals surface area contributed by atoms with Crippen molar-refractivity contribution in [2.24, 2.45) is 5.73 Å². The molecule has 0 aliphatic rings. The zero-order chi connectivity index (χ0) is 21.8. The molecule has 0 unspecified atom stereocenters. The highest BCUT2D eigenvalue weighted by Gasteiger charge is 2.20. The fraction of sp³-hybridized carbons (Fsp3) is 0.0556. The number of aromatic nitrogens is 7. The van der Waals surface area contributed by atoms with Crippen LogP contribution < -0.4 is 11.1 Å². The van der Waals surface area contributed by atoms with Crippen LogP contribution in [0.4, 0.5) is 5.82 Å². The van der Waals surface area contributed by atoms with Gasteiger partial charge in [-0.25, -0.2) is 0 Å². The van der Waals surface area contributed by atoms with Gasteiger partial charge in [0.15, 0.2) is 11.5 Å². The highest BCUT2D eigenvalue weighted by molar-refractivity contribution is 7.99. The number of hydrogen-bond acceptors (Lipinski definition) is 8. The number of anilines is 1. The van der Waals surface area contributed by atoms with E-state index >= 15 is 0 Å². The van der Waals surface area contributed by atoms with Crippen LogP contribution in [0.25, 0.3) is 11.4 Å². The molecule has 0 bridgehead atoms. The molecule has 4 aromatic rings.